The first-order valence-corrected chi connectivity index (χ1v) is 5.85. The van der Waals surface area contributed by atoms with Crippen LogP contribution in [0, 0.1) is 0 Å². The number of rotatable bonds is 3. The highest BCUT2D eigenvalue weighted by Gasteiger charge is 2.20. The van der Waals surface area contributed by atoms with Gasteiger partial charge < -0.3 is 5.32 Å². The Morgan fingerprint density at radius 3 is 3.00 bits per heavy atom. The van der Waals surface area contributed by atoms with Gasteiger partial charge in [-0.3, -0.25) is 0 Å². The van der Waals surface area contributed by atoms with Gasteiger partial charge in [0, 0.05) is 24.5 Å². The first kappa shape index (κ1) is 9.78. The molecular weight excluding hydrogens is 200 g/mol. The van der Waals surface area contributed by atoms with Crippen molar-refractivity contribution in [3.8, 4) is 0 Å². The summed E-state index contributed by atoms with van der Waals surface area (Å²) in [5.74, 6) is 0.717. The molecule has 2 heterocycles. The molecule has 0 aliphatic heterocycles. The zero-order valence-corrected chi connectivity index (χ0v) is 9.48. The highest BCUT2D eigenvalue weighted by Crippen LogP contribution is 2.35. The minimum Gasteiger partial charge on any atom is -0.315 e. The van der Waals surface area contributed by atoms with Crippen LogP contribution in [0.25, 0.3) is 5.65 Å². The normalized spacial score (nSPS) is 16.6. The summed E-state index contributed by atoms with van der Waals surface area (Å²) in [5, 5.41) is 7.48. The Hall–Kier alpha value is -1.42. The predicted molar refractivity (Wildman–Crippen MR) is 62.3 cm³/mol. The molecule has 1 saturated carbocycles. The highest BCUT2D eigenvalue weighted by atomic mass is 15.2. The number of hydrogen-bond acceptors (Lipinski definition) is 3. The van der Waals surface area contributed by atoms with E-state index in [1.807, 2.05) is 24.0 Å². The van der Waals surface area contributed by atoms with Crippen molar-refractivity contribution in [1.82, 2.24) is 19.9 Å². The summed E-state index contributed by atoms with van der Waals surface area (Å²) in [6, 6.07) is 0. The summed E-state index contributed by atoms with van der Waals surface area (Å²) in [6.45, 7) is 0.819. The third-order valence-electron chi connectivity index (χ3n) is 3.39. The van der Waals surface area contributed by atoms with Crippen LogP contribution < -0.4 is 5.32 Å². The fourth-order valence-corrected chi connectivity index (χ4v) is 2.21. The van der Waals surface area contributed by atoms with E-state index in [-0.39, 0.29) is 0 Å². The highest BCUT2D eigenvalue weighted by molar-refractivity contribution is 5.46. The fraction of sp³-hybridized carbons (Fsp3) is 0.500. The lowest BCUT2D eigenvalue weighted by Crippen LogP contribution is -2.10. The van der Waals surface area contributed by atoms with Crippen LogP contribution in [0.2, 0.25) is 0 Å². The van der Waals surface area contributed by atoms with E-state index in [2.05, 4.69) is 21.6 Å². The van der Waals surface area contributed by atoms with Gasteiger partial charge in [0.2, 0.25) is 0 Å². The lowest BCUT2D eigenvalue weighted by molar-refractivity contribution is 0.417. The number of fused-ring (bicyclic) bond motifs is 1. The molecule has 0 radical (unpaired) electrons. The molecule has 0 saturated heterocycles. The summed E-state index contributed by atoms with van der Waals surface area (Å²) in [4.78, 5) is 4.52. The summed E-state index contributed by atoms with van der Waals surface area (Å²) in [6.07, 6.45) is 10.00. The fourth-order valence-electron chi connectivity index (χ4n) is 2.21. The van der Waals surface area contributed by atoms with Crippen LogP contribution in [-0.4, -0.2) is 21.6 Å². The maximum atomic E-state index is 4.52. The molecule has 0 bridgehead atoms. The largest absolute Gasteiger partial charge is 0.315 e. The Bertz CT molecular complexity index is 499. The molecule has 0 unspecified atom stereocenters. The van der Waals surface area contributed by atoms with Crippen molar-refractivity contribution < 1.29 is 0 Å². The summed E-state index contributed by atoms with van der Waals surface area (Å²) >= 11 is 0. The molecule has 1 aliphatic rings. The van der Waals surface area contributed by atoms with Gasteiger partial charge in [-0.15, -0.1) is 0 Å². The van der Waals surface area contributed by atoms with E-state index in [1.54, 1.807) is 0 Å². The van der Waals surface area contributed by atoms with Crippen molar-refractivity contribution in [3.63, 3.8) is 0 Å². The standard InChI is InChI=1S/C12H16N4/c1-13-5-10-7-15-16-8-11(6-14-12(10)16)9-3-2-4-9/h6-9,13H,2-5H2,1H3. The number of aromatic nitrogens is 3. The first-order chi connectivity index (χ1) is 7.88. The third-order valence-corrected chi connectivity index (χ3v) is 3.39. The van der Waals surface area contributed by atoms with E-state index in [0.717, 1.165) is 17.8 Å². The van der Waals surface area contributed by atoms with Gasteiger partial charge in [0.05, 0.1) is 6.20 Å². The van der Waals surface area contributed by atoms with Crippen molar-refractivity contribution in [2.45, 2.75) is 31.7 Å². The van der Waals surface area contributed by atoms with Crippen LogP contribution >= 0.6 is 0 Å². The van der Waals surface area contributed by atoms with E-state index >= 15 is 0 Å². The monoisotopic (exact) mass is 216 g/mol. The van der Waals surface area contributed by atoms with Crippen LogP contribution in [0.3, 0.4) is 0 Å². The summed E-state index contributed by atoms with van der Waals surface area (Å²) in [5.41, 5.74) is 3.46. The molecule has 3 rings (SSSR count). The van der Waals surface area contributed by atoms with E-state index in [0.29, 0.717) is 5.92 Å². The molecule has 1 fully saturated rings. The minimum atomic E-state index is 0.717. The lowest BCUT2D eigenvalue weighted by atomic mass is 9.81. The van der Waals surface area contributed by atoms with Gasteiger partial charge >= 0.3 is 0 Å². The molecule has 4 heteroatoms. The van der Waals surface area contributed by atoms with Gasteiger partial charge in [-0.25, -0.2) is 9.50 Å². The lowest BCUT2D eigenvalue weighted by Gasteiger charge is -2.25. The molecule has 2 aromatic heterocycles. The number of nitrogens with one attached hydrogen (secondary N) is 1. The first-order valence-electron chi connectivity index (χ1n) is 5.85. The maximum absolute atomic E-state index is 4.52. The molecule has 0 aromatic carbocycles. The van der Waals surface area contributed by atoms with E-state index < -0.39 is 0 Å². The van der Waals surface area contributed by atoms with Crippen molar-refractivity contribution >= 4 is 5.65 Å². The van der Waals surface area contributed by atoms with Gasteiger partial charge in [0.1, 0.15) is 0 Å². The van der Waals surface area contributed by atoms with Crippen LogP contribution in [0.1, 0.15) is 36.3 Å². The Balaban J connectivity index is 1.99. The van der Waals surface area contributed by atoms with Crippen molar-refractivity contribution in [1.29, 1.82) is 0 Å². The topological polar surface area (TPSA) is 42.2 Å². The van der Waals surface area contributed by atoms with Gasteiger partial charge in [-0.05, 0) is 31.4 Å². The summed E-state index contributed by atoms with van der Waals surface area (Å²) in [7, 11) is 1.94. The molecule has 1 aliphatic carbocycles. The molecule has 2 aromatic rings. The molecule has 0 spiro atoms. The van der Waals surface area contributed by atoms with Gasteiger partial charge in [0.15, 0.2) is 5.65 Å². The van der Waals surface area contributed by atoms with Crippen LogP contribution in [-0.2, 0) is 6.54 Å². The van der Waals surface area contributed by atoms with E-state index in [4.69, 9.17) is 0 Å². The smallest absolute Gasteiger partial charge is 0.159 e. The molecular formula is C12H16N4. The predicted octanol–water partition coefficient (Wildman–Crippen LogP) is 1.72. The van der Waals surface area contributed by atoms with Crippen LogP contribution in [0.5, 0.6) is 0 Å². The average Bonchev–Trinajstić information content (AvgIpc) is 2.59. The number of hydrogen-bond donors (Lipinski definition) is 1. The quantitative estimate of drug-likeness (QED) is 0.849. The Morgan fingerprint density at radius 1 is 1.44 bits per heavy atom. The third kappa shape index (κ3) is 1.50. The Kier molecular flexibility index (Phi) is 2.36. The van der Waals surface area contributed by atoms with E-state index in [1.165, 1.54) is 24.8 Å². The van der Waals surface area contributed by atoms with Crippen LogP contribution in [0.4, 0.5) is 0 Å². The second-order valence-corrected chi connectivity index (χ2v) is 4.48. The molecule has 4 nitrogen and oxygen atoms in total. The van der Waals surface area contributed by atoms with Crippen molar-refractivity contribution in [2.24, 2.45) is 0 Å². The van der Waals surface area contributed by atoms with Gasteiger partial charge in [0.25, 0.3) is 0 Å². The SMILES string of the molecule is CNCc1cnn2cc(C3CCC3)cnc12. The van der Waals surface area contributed by atoms with Crippen molar-refractivity contribution in [2.75, 3.05) is 7.05 Å². The van der Waals surface area contributed by atoms with Crippen LogP contribution in [0.15, 0.2) is 18.6 Å². The Labute approximate surface area is 94.7 Å². The van der Waals surface area contributed by atoms with Gasteiger partial charge in [-0.1, -0.05) is 6.42 Å². The zero-order valence-electron chi connectivity index (χ0n) is 9.48. The average molecular weight is 216 g/mol. The second-order valence-electron chi connectivity index (χ2n) is 4.48. The maximum Gasteiger partial charge on any atom is 0.159 e. The zero-order chi connectivity index (χ0) is 11.0. The summed E-state index contributed by atoms with van der Waals surface area (Å²) < 4.78 is 1.90. The second kappa shape index (κ2) is 3.87. The van der Waals surface area contributed by atoms with Crippen molar-refractivity contribution in [3.05, 3.63) is 29.7 Å². The molecule has 84 valence electrons. The Morgan fingerprint density at radius 2 is 2.31 bits per heavy atom. The van der Waals surface area contributed by atoms with E-state index in [9.17, 15) is 0 Å². The minimum absolute atomic E-state index is 0.717. The number of nitrogens with zero attached hydrogens (tertiary/aromatic N) is 3. The van der Waals surface area contributed by atoms with Gasteiger partial charge in [-0.2, -0.15) is 5.10 Å². The molecule has 16 heavy (non-hydrogen) atoms. The molecule has 0 amide bonds. The molecule has 1 N–H and O–H groups in total. The molecule has 0 atom stereocenters.